The number of carbonyl (C=O) groups is 3. The molecule has 2 aromatic carbocycles. The first-order chi connectivity index (χ1) is 13.9. The number of urea groups is 1. The van der Waals surface area contributed by atoms with Crippen LogP contribution in [0.3, 0.4) is 0 Å². The van der Waals surface area contributed by atoms with Gasteiger partial charge in [-0.1, -0.05) is 24.3 Å². The molecule has 2 N–H and O–H groups in total. The van der Waals surface area contributed by atoms with Crippen molar-refractivity contribution in [3.05, 3.63) is 64.7 Å². The molecule has 1 aliphatic rings. The number of aryl methyl sites for hydroxylation is 2. The summed E-state index contributed by atoms with van der Waals surface area (Å²) in [5.74, 6) is -1.40. The molecule has 1 aliphatic heterocycles. The van der Waals surface area contributed by atoms with Crippen LogP contribution in [-0.4, -0.2) is 29.3 Å². The van der Waals surface area contributed by atoms with Gasteiger partial charge < -0.3 is 10.6 Å². The molecule has 0 bridgehead atoms. The van der Waals surface area contributed by atoms with Crippen LogP contribution in [0.5, 0.6) is 0 Å². The summed E-state index contributed by atoms with van der Waals surface area (Å²) in [7, 11) is 0. The van der Waals surface area contributed by atoms with E-state index in [4.69, 9.17) is 0 Å². The Labute approximate surface area is 171 Å². The van der Waals surface area contributed by atoms with Crippen molar-refractivity contribution in [3.63, 3.8) is 0 Å². The number of hydrogen-bond acceptors (Lipinski definition) is 3. The van der Waals surface area contributed by atoms with Gasteiger partial charge >= 0.3 is 12.2 Å². The van der Waals surface area contributed by atoms with E-state index in [0.717, 1.165) is 23.3 Å². The maximum absolute atomic E-state index is 13.0. The minimum absolute atomic E-state index is 0.0203. The van der Waals surface area contributed by atoms with E-state index in [0.29, 0.717) is 10.6 Å². The zero-order valence-corrected chi connectivity index (χ0v) is 16.6. The molecule has 0 unspecified atom stereocenters. The van der Waals surface area contributed by atoms with Crippen molar-refractivity contribution in [2.24, 2.45) is 0 Å². The lowest BCUT2D eigenvalue weighted by Crippen LogP contribution is -2.42. The molecule has 3 rings (SSSR count). The molecule has 9 heteroatoms. The highest BCUT2D eigenvalue weighted by Gasteiger charge is 2.50. The number of alkyl halides is 3. The predicted molar refractivity (Wildman–Crippen MR) is 104 cm³/mol. The predicted octanol–water partition coefficient (Wildman–Crippen LogP) is 3.73. The van der Waals surface area contributed by atoms with Crippen LogP contribution in [0.25, 0.3) is 0 Å². The average molecular weight is 419 g/mol. The second kappa shape index (κ2) is 7.47. The molecule has 158 valence electrons. The molecular formula is C21H20F3N3O3. The molecule has 2 aromatic rings. The van der Waals surface area contributed by atoms with Gasteiger partial charge in [0.25, 0.3) is 5.91 Å². The molecule has 0 spiro atoms. The van der Waals surface area contributed by atoms with Crippen molar-refractivity contribution in [1.82, 2.24) is 10.2 Å². The first-order valence-corrected chi connectivity index (χ1v) is 9.11. The summed E-state index contributed by atoms with van der Waals surface area (Å²) < 4.78 is 39.1. The van der Waals surface area contributed by atoms with Crippen LogP contribution in [0.4, 0.5) is 23.7 Å². The first-order valence-electron chi connectivity index (χ1n) is 9.11. The van der Waals surface area contributed by atoms with E-state index in [1.165, 1.54) is 19.1 Å². The van der Waals surface area contributed by atoms with E-state index >= 15 is 0 Å². The van der Waals surface area contributed by atoms with Gasteiger partial charge in [0.2, 0.25) is 5.91 Å². The Hall–Kier alpha value is -3.36. The van der Waals surface area contributed by atoms with Gasteiger partial charge in [0, 0.05) is 5.69 Å². The van der Waals surface area contributed by atoms with Crippen molar-refractivity contribution in [3.8, 4) is 0 Å². The molecule has 0 aromatic heterocycles. The standard InChI is InChI=1S/C21H20F3N3O3/c1-12-7-8-13(2)16(9-12)25-17(28)11-27-18(29)20(3,26-19(27)30)14-5-4-6-15(10-14)21(22,23)24/h4-10H,11H2,1-3H3,(H,25,28)(H,26,30)/t20-/m0/s1. The van der Waals surface area contributed by atoms with Crippen LogP contribution in [-0.2, 0) is 21.3 Å². The molecule has 6 nitrogen and oxygen atoms in total. The van der Waals surface area contributed by atoms with Gasteiger partial charge in [-0.15, -0.1) is 0 Å². The van der Waals surface area contributed by atoms with Crippen LogP contribution in [0.2, 0.25) is 0 Å². The number of anilines is 1. The summed E-state index contributed by atoms with van der Waals surface area (Å²) in [6.45, 7) is 4.40. The Morgan fingerprint density at radius 2 is 1.83 bits per heavy atom. The zero-order chi connectivity index (χ0) is 22.3. The molecule has 1 saturated heterocycles. The van der Waals surface area contributed by atoms with Crippen molar-refractivity contribution < 1.29 is 27.6 Å². The number of carbonyl (C=O) groups excluding carboxylic acids is 3. The van der Waals surface area contributed by atoms with E-state index in [9.17, 15) is 27.6 Å². The third-order valence-electron chi connectivity index (χ3n) is 5.01. The summed E-state index contributed by atoms with van der Waals surface area (Å²) in [6, 6.07) is 8.79. The summed E-state index contributed by atoms with van der Waals surface area (Å²) in [6.07, 6.45) is -4.59. The van der Waals surface area contributed by atoms with E-state index in [-0.39, 0.29) is 5.56 Å². The largest absolute Gasteiger partial charge is 0.416 e. The second-order valence-electron chi connectivity index (χ2n) is 7.39. The number of hydrogen-bond donors (Lipinski definition) is 2. The minimum Gasteiger partial charge on any atom is -0.324 e. The summed E-state index contributed by atoms with van der Waals surface area (Å²) in [5, 5.41) is 5.06. The van der Waals surface area contributed by atoms with Gasteiger partial charge in [-0.2, -0.15) is 13.2 Å². The Morgan fingerprint density at radius 3 is 2.50 bits per heavy atom. The first kappa shape index (κ1) is 21.4. The fourth-order valence-corrected chi connectivity index (χ4v) is 3.25. The van der Waals surface area contributed by atoms with E-state index in [1.54, 1.807) is 13.0 Å². The number of amides is 4. The molecule has 1 atom stereocenters. The maximum Gasteiger partial charge on any atom is 0.416 e. The summed E-state index contributed by atoms with van der Waals surface area (Å²) >= 11 is 0. The topological polar surface area (TPSA) is 78.5 Å². The Morgan fingerprint density at radius 1 is 1.13 bits per heavy atom. The highest BCUT2D eigenvalue weighted by molar-refractivity contribution is 6.10. The molecular weight excluding hydrogens is 399 g/mol. The van der Waals surface area contributed by atoms with Crippen LogP contribution in [0.15, 0.2) is 42.5 Å². The number of imide groups is 1. The molecule has 1 fully saturated rings. The van der Waals surface area contributed by atoms with Crippen LogP contribution in [0.1, 0.15) is 29.2 Å². The van der Waals surface area contributed by atoms with Gasteiger partial charge in [0.15, 0.2) is 0 Å². The van der Waals surface area contributed by atoms with Gasteiger partial charge in [0.05, 0.1) is 5.56 Å². The molecule has 1 heterocycles. The Kier molecular flexibility index (Phi) is 5.32. The van der Waals surface area contributed by atoms with Gasteiger partial charge in [0.1, 0.15) is 12.1 Å². The minimum atomic E-state index is -4.59. The Bertz CT molecular complexity index is 1040. The lowest BCUT2D eigenvalue weighted by atomic mass is 9.90. The van der Waals surface area contributed by atoms with E-state index < -0.39 is 41.7 Å². The third-order valence-corrected chi connectivity index (χ3v) is 5.01. The third kappa shape index (κ3) is 4.00. The highest BCUT2D eigenvalue weighted by Crippen LogP contribution is 2.34. The van der Waals surface area contributed by atoms with Gasteiger partial charge in [-0.3, -0.25) is 14.5 Å². The molecule has 0 aliphatic carbocycles. The summed E-state index contributed by atoms with van der Waals surface area (Å²) in [4.78, 5) is 38.4. The number of halogens is 3. The van der Waals surface area contributed by atoms with Crippen LogP contribution in [0, 0.1) is 13.8 Å². The van der Waals surface area contributed by atoms with Gasteiger partial charge in [-0.05, 0) is 55.7 Å². The molecule has 0 radical (unpaired) electrons. The number of benzene rings is 2. The van der Waals surface area contributed by atoms with Crippen LogP contribution < -0.4 is 10.6 Å². The van der Waals surface area contributed by atoms with E-state index in [1.807, 2.05) is 19.1 Å². The molecule has 0 saturated carbocycles. The second-order valence-corrected chi connectivity index (χ2v) is 7.39. The van der Waals surface area contributed by atoms with Crippen molar-refractivity contribution in [1.29, 1.82) is 0 Å². The summed E-state index contributed by atoms with van der Waals surface area (Å²) in [5.41, 5.74) is -0.393. The average Bonchev–Trinajstić information content (AvgIpc) is 2.88. The van der Waals surface area contributed by atoms with Crippen LogP contribution >= 0.6 is 0 Å². The maximum atomic E-state index is 13.0. The Balaban J connectivity index is 1.81. The normalized spacial score (nSPS) is 19.1. The van der Waals surface area contributed by atoms with Crippen molar-refractivity contribution >= 4 is 23.5 Å². The fourth-order valence-electron chi connectivity index (χ4n) is 3.25. The monoisotopic (exact) mass is 419 g/mol. The van der Waals surface area contributed by atoms with Crippen molar-refractivity contribution in [2.75, 3.05) is 11.9 Å². The zero-order valence-electron chi connectivity index (χ0n) is 16.6. The van der Waals surface area contributed by atoms with Gasteiger partial charge in [-0.25, -0.2) is 4.79 Å². The number of rotatable bonds is 4. The lowest BCUT2D eigenvalue weighted by Gasteiger charge is -2.23. The molecule has 4 amide bonds. The fraction of sp³-hybridized carbons (Fsp3) is 0.286. The SMILES string of the molecule is Cc1ccc(C)c(NC(=O)CN2C(=O)N[C@@](C)(c3cccc(C(F)(F)F)c3)C2=O)c1. The molecule has 30 heavy (non-hydrogen) atoms. The lowest BCUT2D eigenvalue weighted by molar-refractivity contribution is -0.138. The quantitative estimate of drug-likeness (QED) is 0.742. The highest BCUT2D eigenvalue weighted by atomic mass is 19.4. The smallest absolute Gasteiger partial charge is 0.324 e. The number of nitrogens with one attached hydrogen (secondary N) is 2. The van der Waals surface area contributed by atoms with Crippen molar-refractivity contribution in [2.45, 2.75) is 32.5 Å². The number of nitrogens with zero attached hydrogens (tertiary/aromatic N) is 1. The van der Waals surface area contributed by atoms with E-state index in [2.05, 4.69) is 10.6 Å².